The van der Waals surface area contributed by atoms with E-state index in [0.717, 1.165) is 5.70 Å². The van der Waals surface area contributed by atoms with Crippen LogP contribution in [0.2, 0.25) is 0 Å². The molecule has 1 heterocycles. The van der Waals surface area contributed by atoms with E-state index in [0.29, 0.717) is 52.5 Å². The van der Waals surface area contributed by atoms with E-state index in [9.17, 15) is 9.59 Å². The quantitative estimate of drug-likeness (QED) is 0.505. The fraction of sp³-hybridized carbons (Fsp3) is 0.440. The molecule has 1 N–H and O–H groups in total. The van der Waals surface area contributed by atoms with Crippen molar-refractivity contribution in [3.8, 4) is 17.2 Å². The van der Waals surface area contributed by atoms with Crippen LogP contribution in [0.3, 0.4) is 0 Å². The zero-order valence-corrected chi connectivity index (χ0v) is 19.6. The second-order valence-electron chi connectivity index (χ2n) is 8.74. The number of carbonyl (C=O) groups is 2. The van der Waals surface area contributed by atoms with Crippen molar-refractivity contribution in [2.75, 3.05) is 27.9 Å². The minimum absolute atomic E-state index is 0.00731. The molecule has 0 amide bonds. The third-order valence-corrected chi connectivity index (χ3v) is 5.84. The lowest BCUT2D eigenvalue weighted by Gasteiger charge is -2.39. The van der Waals surface area contributed by atoms with Crippen LogP contribution in [0.25, 0.3) is 0 Å². The molecular formula is C25H31NO6. The molecule has 172 valence electrons. The highest BCUT2D eigenvalue weighted by Crippen LogP contribution is 2.51. The van der Waals surface area contributed by atoms with E-state index in [1.54, 1.807) is 6.07 Å². The summed E-state index contributed by atoms with van der Waals surface area (Å²) in [5, 5.41) is 3.32. The van der Waals surface area contributed by atoms with Crippen LogP contribution < -0.4 is 19.5 Å². The van der Waals surface area contributed by atoms with Crippen LogP contribution in [-0.2, 0) is 14.3 Å². The summed E-state index contributed by atoms with van der Waals surface area (Å²) < 4.78 is 22.1. The third-order valence-electron chi connectivity index (χ3n) is 5.84. The van der Waals surface area contributed by atoms with Crippen LogP contribution in [0.1, 0.15) is 45.1 Å². The lowest BCUT2D eigenvalue weighted by molar-refractivity contribution is -0.138. The van der Waals surface area contributed by atoms with Crippen molar-refractivity contribution in [3.63, 3.8) is 0 Å². The van der Waals surface area contributed by atoms with Gasteiger partial charge in [0.25, 0.3) is 0 Å². The van der Waals surface area contributed by atoms with Crippen molar-refractivity contribution < 1.29 is 28.5 Å². The number of hydrogen-bond acceptors (Lipinski definition) is 7. The highest BCUT2D eigenvalue weighted by molar-refractivity contribution is 6.04. The molecule has 1 aliphatic carbocycles. The molecule has 1 aliphatic heterocycles. The number of Topliss-reactive ketones (excluding diaryl/α,β-unsaturated/α-hetero) is 1. The van der Waals surface area contributed by atoms with Crippen molar-refractivity contribution in [1.82, 2.24) is 5.32 Å². The molecule has 0 saturated heterocycles. The smallest absolute Gasteiger partial charge is 0.337 e. The van der Waals surface area contributed by atoms with Gasteiger partial charge in [-0.2, -0.15) is 0 Å². The fourth-order valence-corrected chi connectivity index (χ4v) is 4.58. The summed E-state index contributed by atoms with van der Waals surface area (Å²) in [5.74, 6) is 0.108. The molecule has 7 nitrogen and oxygen atoms in total. The monoisotopic (exact) mass is 441 g/mol. The first-order valence-electron chi connectivity index (χ1n) is 10.5. The maximum atomic E-state index is 13.4. The second kappa shape index (κ2) is 9.10. The average molecular weight is 442 g/mol. The molecule has 3 rings (SSSR count). The summed E-state index contributed by atoms with van der Waals surface area (Å²) in [6.45, 7) is 9.63. The van der Waals surface area contributed by atoms with E-state index in [1.165, 1.54) is 27.4 Å². The molecule has 7 heteroatoms. The Kier molecular flexibility index (Phi) is 6.67. The van der Waals surface area contributed by atoms with E-state index in [-0.39, 0.29) is 17.8 Å². The third kappa shape index (κ3) is 4.11. The van der Waals surface area contributed by atoms with Gasteiger partial charge in [-0.25, -0.2) is 4.79 Å². The Hall–Kier alpha value is -3.22. The Labute approximate surface area is 189 Å². The standard InChI is InChI=1S/C25H31NO6/c1-8-11-32-24(28)19-14(2)26-16-12-25(3,4)13-17(27)21(16)20(19)15-9-10-18(29-5)23(31-7)22(15)30-6/h8-10,20,26H,1,11-13H2,2-7H3/t20-/m0/s1. The van der Waals surface area contributed by atoms with E-state index >= 15 is 0 Å². The van der Waals surface area contributed by atoms with Gasteiger partial charge in [0.15, 0.2) is 17.3 Å². The first-order valence-corrected chi connectivity index (χ1v) is 10.5. The minimum atomic E-state index is -0.665. The van der Waals surface area contributed by atoms with Crippen LogP contribution in [0.5, 0.6) is 17.2 Å². The number of ketones is 1. The molecule has 0 bridgehead atoms. The van der Waals surface area contributed by atoms with Crippen molar-refractivity contribution in [3.05, 3.63) is 52.9 Å². The van der Waals surface area contributed by atoms with Gasteiger partial charge >= 0.3 is 5.97 Å². The van der Waals surface area contributed by atoms with Gasteiger partial charge in [-0.15, -0.1) is 0 Å². The van der Waals surface area contributed by atoms with Crippen LogP contribution in [0, 0.1) is 5.41 Å². The van der Waals surface area contributed by atoms with E-state index < -0.39 is 11.9 Å². The van der Waals surface area contributed by atoms with Crippen LogP contribution in [-0.4, -0.2) is 39.7 Å². The lowest BCUT2D eigenvalue weighted by atomic mass is 9.68. The molecule has 1 aromatic carbocycles. The van der Waals surface area contributed by atoms with Gasteiger partial charge in [-0.1, -0.05) is 32.6 Å². The molecule has 2 aliphatic rings. The van der Waals surface area contributed by atoms with Crippen LogP contribution >= 0.6 is 0 Å². The highest BCUT2D eigenvalue weighted by Gasteiger charge is 2.44. The molecule has 0 saturated carbocycles. The van der Waals surface area contributed by atoms with Crippen molar-refractivity contribution in [2.45, 2.75) is 39.5 Å². The molecule has 1 aromatic rings. The van der Waals surface area contributed by atoms with Gasteiger partial charge in [0, 0.05) is 29.0 Å². The summed E-state index contributed by atoms with van der Waals surface area (Å²) in [6, 6.07) is 3.56. The first-order chi connectivity index (χ1) is 15.2. The van der Waals surface area contributed by atoms with Crippen molar-refractivity contribution >= 4 is 11.8 Å². The topological polar surface area (TPSA) is 83.1 Å². The van der Waals surface area contributed by atoms with E-state index in [2.05, 4.69) is 25.7 Å². The lowest BCUT2D eigenvalue weighted by Crippen LogP contribution is -2.38. The van der Waals surface area contributed by atoms with Gasteiger partial charge in [-0.05, 0) is 24.8 Å². The number of nitrogens with one attached hydrogen (secondary N) is 1. The SMILES string of the molecule is C=CCOC(=O)C1=C(C)NC2=C(C(=O)CC(C)(C)C2)[C@H]1c1ccc(OC)c(OC)c1OC. The van der Waals surface area contributed by atoms with Gasteiger partial charge in [-0.3, -0.25) is 4.79 Å². The molecule has 32 heavy (non-hydrogen) atoms. The van der Waals surface area contributed by atoms with Gasteiger partial charge in [0.05, 0.1) is 32.8 Å². The maximum Gasteiger partial charge on any atom is 0.337 e. The Morgan fingerprint density at radius 1 is 1.16 bits per heavy atom. The number of esters is 1. The molecule has 0 unspecified atom stereocenters. The number of benzene rings is 1. The van der Waals surface area contributed by atoms with Crippen molar-refractivity contribution in [1.29, 1.82) is 0 Å². The zero-order valence-electron chi connectivity index (χ0n) is 19.6. The molecule has 0 aromatic heterocycles. The summed E-state index contributed by atoms with van der Waals surface area (Å²) in [6.07, 6.45) is 2.58. The fourth-order valence-electron chi connectivity index (χ4n) is 4.58. The molecule has 1 atom stereocenters. The highest BCUT2D eigenvalue weighted by atomic mass is 16.5. The predicted octanol–water partition coefficient (Wildman–Crippen LogP) is 4.05. The van der Waals surface area contributed by atoms with Crippen LogP contribution in [0.15, 0.2) is 47.3 Å². The summed E-state index contributed by atoms with van der Waals surface area (Å²) in [5.41, 5.74) is 2.85. The second-order valence-corrected chi connectivity index (χ2v) is 8.74. The zero-order chi connectivity index (χ0) is 23.6. The number of ether oxygens (including phenoxy) is 4. The van der Waals surface area contributed by atoms with Crippen molar-refractivity contribution in [2.24, 2.45) is 5.41 Å². The Morgan fingerprint density at radius 3 is 2.44 bits per heavy atom. The number of allylic oxidation sites excluding steroid dienone is 3. The normalized spacial score (nSPS) is 19.7. The van der Waals surface area contributed by atoms with E-state index in [4.69, 9.17) is 18.9 Å². The minimum Gasteiger partial charge on any atom is -0.493 e. The van der Waals surface area contributed by atoms with Gasteiger partial charge in [0.1, 0.15) is 6.61 Å². The Balaban J connectivity index is 2.28. The molecular weight excluding hydrogens is 410 g/mol. The van der Waals surface area contributed by atoms with Gasteiger partial charge < -0.3 is 24.3 Å². The molecule has 0 spiro atoms. The maximum absolute atomic E-state index is 13.4. The predicted molar refractivity (Wildman–Crippen MR) is 121 cm³/mol. The Bertz CT molecular complexity index is 1020. The number of carbonyl (C=O) groups excluding carboxylic acids is 2. The Morgan fingerprint density at radius 2 is 1.84 bits per heavy atom. The van der Waals surface area contributed by atoms with Crippen LogP contribution in [0.4, 0.5) is 0 Å². The number of methoxy groups -OCH3 is 3. The molecule has 0 fully saturated rings. The average Bonchev–Trinajstić information content (AvgIpc) is 2.74. The largest absolute Gasteiger partial charge is 0.493 e. The summed E-state index contributed by atoms with van der Waals surface area (Å²) in [7, 11) is 4.58. The first kappa shape index (κ1) is 23.4. The summed E-state index contributed by atoms with van der Waals surface area (Å²) >= 11 is 0. The number of rotatable bonds is 7. The molecule has 0 radical (unpaired) electrons. The van der Waals surface area contributed by atoms with Gasteiger partial charge in [0.2, 0.25) is 5.75 Å². The summed E-state index contributed by atoms with van der Waals surface area (Å²) in [4.78, 5) is 26.5. The van der Waals surface area contributed by atoms with E-state index in [1.807, 2.05) is 13.0 Å². The number of dihydropyridines is 1. The number of hydrogen-bond donors (Lipinski definition) is 1.